The highest BCUT2D eigenvalue weighted by Gasteiger charge is 2.23. The molecule has 0 saturated heterocycles. The topological polar surface area (TPSA) is 55.4 Å². The van der Waals surface area contributed by atoms with Gasteiger partial charge in [0.25, 0.3) is 5.91 Å². The van der Waals surface area contributed by atoms with Gasteiger partial charge < -0.3 is 10.1 Å². The van der Waals surface area contributed by atoms with Crippen LogP contribution in [-0.4, -0.2) is 30.3 Å². The number of carbonyl (C=O) groups is 2. The molecule has 2 rings (SSSR count). The number of amides is 1. The van der Waals surface area contributed by atoms with Crippen LogP contribution in [0.2, 0.25) is 0 Å². The second kappa shape index (κ2) is 8.83. The molecule has 0 radical (unpaired) electrons. The van der Waals surface area contributed by atoms with Crippen LogP contribution in [0.1, 0.15) is 32.6 Å². The number of nitrogens with one attached hydrogen (secondary N) is 1. The van der Waals surface area contributed by atoms with Crippen LogP contribution in [0.5, 0.6) is 0 Å². The Bertz CT molecular complexity index is 492. The van der Waals surface area contributed by atoms with E-state index in [0.717, 1.165) is 24.2 Å². The van der Waals surface area contributed by atoms with Crippen LogP contribution in [0, 0.1) is 5.92 Å². The normalized spacial score (nSPS) is 21.1. The molecule has 1 amide bonds. The van der Waals surface area contributed by atoms with Crippen LogP contribution >= 0.6 is 11.8 Å². The highest BCUT2D eigenvalue weighted by atomic mass is 32.2. The second-order valence-corrected chi connectivity index (χ2v) is 6.75. The Hall–Kier alpha value is -1.49. The molecule has 2 unspecified atom stereocenters. The summed E-state index contributed by atoms with van der Waals surface area (Å²) in [6.07, 6.45) is 4.56. The number of benzene rings is 1. The van der Waals surface area contributed by atoms with E-state index in [1.807, 2.05) is 30.3 Å². The fraction of sp³-hybridized carbons (Fsp3) is 0.529. The summed E-state index contributed by atoms with van der Waals surface area (Å²) in [6, 6.07) is 9.88. The highest BCUT2D eigenvalue weighted by molar-refractivity contribution is 8.00. The lowest BCUT2D eigenvalue weighted by Crippen LogP contribution is -2.43. The molecular weight excluding hydrogens is 298 g/mol. The zero-order valence-electron chi connectivity index (χ0n) is 12.9. The maximum Gasteiger partial charge on any atom is 0.316 e. The predicted molar refractivity (Wildman–Crippen MR) is 87.7 cm³/mol. The summed E-state index contributed by atoms with van der Waals surface area (Å²) in [5.41, 5.74) is 0. The van der Waals surface area contributed by atoms with E-state index in [1.54, 1.807) is 0 Å². The van der Waals surface area contributed by atoms with Crippen LogP contribution < -0.4 is 5.32 Å². The predicted octanol–water partition coefficient (Wildman–Crippen LogP) is 3.02. The van der Waals surface area contributed by atoms with Crippen LogP contribution in [0.4, 0.5) is 0 Å². The van der Waals surface area contributed by atoms with Crippen LogP contribution in [-0.2, 0) is 14.3 Å². The van der Waals surface area contributed by atoms with Gasteiger partial charge in [0.05, 0.1) is 5.75 Å². The smallest absolute Gasteiger partial charge is 0.316 e. The average Bonchev–Trinajstić information content (AvgIpc) is 2.54. The van der Waals surface area contributed by atoms with Crippen molar-refractivity contribution in [3.8, 4) is 0 Å². The first kappa shape index (κ1) is 16.9. The maximum atomic E-state index is 11.8. The van der Waals surface area contributed by atoms with E-state index in [0.29, 0.717) is 5.92 Å². The lowest BCUT2D eigenvalue weighted by Gasteiger charge is -2.29. The van der Waals surface area contributed by atoms with Crippen molar-refractivity contribution in [2.24, 2.45) is 5.92 Å². The van der Waals surface area contributed by atoms with E-state index in [2.05, 4.69) is 12.2 Å². The summed E-state index contributed by atoms with van der Waals surface area (Å²) in [5, 5.41) is 2.97. The van der Waals surface area contributed by atoms with Gasteiger partial charge in [-0.15, -0.1) is 11.8 Å². The SMILES string of the molecule is CC1CCCCC1NC(=O)COC(=O)CSc1ccccc1. The van der Waals surface area contributed by atoms with Crippen molar-refractivity contribution in [3.63, 3.8) is 0 Å². The number of esters is 1. The maximum absolute atomic E-state index is 11.8. The van der Waals surface area contributed by atoms with Crippen LogP contribution in [0.25, 0.3) is 0 Å². The molecule has 1 N–H and O–H groups in total. The van der Waals surface area contributed by atoms with Gasteiger partial charge in [-0.3, -0.25) is 9.59 Å². The lowest BCUT2D eigenvalue weighted by molar-refractivity contribution is -0.146. The minimum absolute atomic E-state index is 0.183. The Morgan fingerprint density at radius 2 is 1.95 bits per heavy atom. The standard InChI is InChI=1S/C17H23NO3S/c1-13-7-5-6-10-15(13)18-16(19)11-21-17(20)12-22-14-8-3-2-4-9-14/h2-4,8-9,13,15H,5-7,10-12H2,1H3,(H,18,19). The summed E-state index contributed by atoms with van der Waals surface area (Å²) >= 11 is 1.41. The number of hydrogen-bond acceptors (Lipinski definition) is 4. The number of thioether (sulfide) groups is 1. The molecule has 1 aliphatic rings. The molecule has 1 aliphatic carbocycles. The largest absolute Gasteiger partial charge is 0.455 e. The molecule has 1 fully saturated rings. The summed E-state index contributed by atoms with van der Waals surface area (Å²) in [6.45, 7) is 1.98. The molecule has 0 spiro atoms. The van der Waals surface area contributed by atoms with Gasteiger partial charge in [-0.2, -0.15) is 0 Å². The van der Waals surface area contributed by atoms with E-state index in [9.17, 15) is 9.59 Å². The Morgan fingerprint density at radius 1 is 1.23 bits per heavy atom. The quantitative estimate of drug-likeness (QED) is 0.646. The van der Waals surface area contributed by atoms with Crippen molar-refractivity contribution >= 4 is 23.6 Å². The molecule has 5 heteroatoms. The Balaban J connectivity index is 1.64. The first-order valence-corrected chi connectivity index (χ1v) is 8.76. The van der Waals surface area contributed by atoms with Gasteiger partial charge >= 0.3 is 5.97 Å². The number of rotatable bonds is 6. The zero-order chi connectivity index (χ0) is 15.8. The molecule has 22 heavy (non-hydrogen) atoms. The van der Waals surface area contributed by atoms with Gasteiger partial charge in [0.1, 0.15) is 0 Å². The zero-order valence-corrected chi connectivity index (χ0v) is 13.7. The van der Waals surface area contributed by atoms with Crippen LogP contribution in [0.15, 0.2) is 35.2 Å². The molecule has 1 aromatic rings. The van der Waals surface area contributed by atoms with E-state index in [-0.39, 0.29) is 30.3 Å². The van der Waals surface area contributed by atoms with E-state index >= 15 is 0 Å². The van der Waals surface area contributed by atoms with Crippen molar-refractivity contribution < 1.29 is 14.3 Å². The molecule has 0 bridgehead atoms. The molecule has 1 aromatic carbocycles. The summed E-state index contributed by atoms with van der Waals surface area (Å²) in [5.74, 6) is 0.163. The highest BCUT2D eigenvalue weighted by Crippen LogP contribution is 2.23. The third kappa shape index (κ3) is 5.72. The Labute approximate surface area is 136 Å². The number of ether oxygens (including phenoxy) is 1. The van der Waals surface area contributed by atoms with Crippen molar-refractivity contribution in [3.05, 3.63) is 30.3 Å². The van der Waals surface area contributed by atoms with Gasteiger partial charge in [-0.1, -0.05) is 38.0 Å². The summed E-state index contributed by atoms with van der Waals surface area (Å²) in [7, 11) is 0. The fourth-order valence-corrected chi connectivity index (χ4v) is 3.34. The molecule has 120 valence electrons. The minimum Gasteiger partial charge on any atom is -0.455 e. The number of carbonyl (C=O) groups excluding carboxylic acids is 2. The fourth-order valence-electron chi connectivity index (χ4n) is 2.63. The van der Waals surface area contributed by atoms with E-state index in [1.165, 1.54) is 18.2 Å². The van der Waals surface area contributed by atoms with Crippen LogP contribution in [0.3, 0.4) is 0 Å². The van der Waals surface area contributed by atoms with E-state index < -0.39 is 0 Å². The first-order chi connectivity index (χ1) is 10.6. The van der Waals surface area contributed by atoms with Gasteiger partial charge in [-0.25, -0.2) is 0 Å². The van der Waals surface area contributed by atoms with Gasteiger partial charge in [-0.05, 0) is 30.9 Å². The monoisotopic (exact) mass is 321 g/mol. The second-order valence-electron chi connectivity index (χ2n) is 5.70. The Kier molecular flexibility index (Phi) is 6.77. The van der Waals surface area contributed by atoms with Gasteiger partial charge in [0.2, 0.25) is 0 Å². The molecular formula is C17H23NO3S. The van der Waals surface area contributed by atoms with Crippen molar-refractivity contribution in [2.75, 3.05) is 12.4 Å². The van der Waals surface area contributed by atoms with Gasteiger partial charge in [0.15, 0.2) is 6.61 Å². The Morgan fingerprint density at radius 3 is 2.68 bits per heavy atom. The molecule has 0 aromatic heterocycles. The molecule has 2 atom stereocenters. The average molecular weight is 321 g/mol. The van der Waals surface area contributed by atoms with Crippen molar-refractivity contribution in [1.82, 2.24) is 5.32 Å². The first-order valence-electron chi connectivity index (χ1n) is 7.78. The third-order valence-corrected chi connectivity index (χ3v) is 4.91. The van der Waals surface area contributed by atoms with Gasteiger partial charge in [0, 0.05) is 10.9 Å². The van der Waals surface area contributed by atoms with E-state index in [4.69, 9.17) is 4.74 Å². The van der Waals surface area contributed by atoms with Crippen molar-refractivity contribution in [1.29, 1.82) is 0 Å². The number of hydrogen-bond donors (Lipinski definition) is 1. The minimum atomic E-state index is -0.360. The lowest BCUT2D eigenvalue weighted by atomic mass is 9.86. The third-order valence-electron chi connectivity index (χ3n) is 3.92. The summed E-state index contributed by atoms with van der Waals surface area (Å²) in [4.78, 5) is 24.5. The summed E-state index contributed by atoms with van der Waals surface area (Å²) < 4.78 is 5.03. The molecule has 1 saturated carbocycles. The van der Waals surface area contributed by atoms with Crippen molar-refractivity contribution in [2.45, 2.75) is 43.5 Å². The molecule has 4 nitrogen and oxygen atoms in total. The molecule has 0 aliphatic heterocycles. The molecule has 0 heterocycles.